The summed E-state index contributed by atoms with van der Waals surface area (Å²) in [6.45, 7) is 4.34. The monoisotopic (exact) mass is 220 g/mol. The molecule has 2 aromatic carbocycles. The Hall–Kier alpha value is -1.82. The van der Waals surface area contributed by atoms with Gasteiger partial charge in [0.05, 0.1) is 0 Å². The first-order valence-corrected chi connectivity index (χ1v) is 6.10. The fourth-order valence-corrected chi connectivity index (χ4v) is 2.33. The molecule has 0 atom stereocenters. The van der Waals surface area contributed by atoms with Gasteiger partial charge < -0.3 is 0 Å². The zero-order valence-corrected chi connectivity index (χ0v) is 10.3. The fraction of sp³-hybridized carbons (Fsp3) is 0.176. The molecule has 0 heterocycles. The Kier molecular flexibility index (Phi) is 2.36. The van der Waals surface area contributed by atoms with Gasteiger partial charge in [-0.1, -0.05) is 60.2 Å². The summed E-state index contributed by atoms with van der Waals surface area (Å²) in [7, 11) is 0. The van der Waals surface area contributed by atoms with Crippen LogP contribution < -0.4 is 0 Å². The van der Waals surface area contributed by atoms with Crippen LogP contribution >= 0.6 is 0 Å². The van der Waals surface area contributed by atoms with E-state index >= 15 is 0 Å². The summed E-state index contributed by atoms with van der Waals surface area (Å²) in [5, 5.41) is 0. The van der Waals surface area contributed by atoms with Crippen molar-refractivity contribution in [1.29, 1.82) is 0 Å². The third-order valence-corrected chi connectivity index (χ3v) is 3.39. The number of allylic oxidation sites excluding steroid dienone is 2. The maximum Gasteiger partial charge on any atom is 0.0205 e. The smallest absolute Gasteiger partial charge is 0.0205 e. The molecular formula is C17H16. The topological polar surface area (TPSA) is 0 Å². The van der Waals surface area contributed by atoms with Gasteiger partial charge in [0.25, 0.3) is 0 Å². The van der Waals surface area contributed by atoms with Gasteiger partial charge in [0.1, 0.15) is 0 Å². The van der Waals surface area contributed by atoms with Crippen LogP contribution in [-0.4, -0.2) is 0 Å². The largest absolute Gasteiger partial charge is 0.0763 e. The maximum absolute atomic E-state index is 2.30. The Bertz CT molecular complexity index is 585. The van der Waals surface area contributed by atoms with E-state index < -0.39 is 0 Å². The normalized spacial score (nSPS) is 14.0. The van der Waals surface area contributed by atoms with Crippen molar-refractivity contribution in [2.75, 3.05) is 0 Å². The highest BCUT2D eigenvalue weighted by Gasteiger charge is 2.18. The summed E-state index contributed by atoms with van der Waals surface area (Å²) < 4.78 is 0. The van der Waals surface area contributed by atoms with Gasteiger partial charge in [-0.2, -0.15) is 0 Å². The van der Waals surface area contributed by atoms with Gasteiger partial charge >= 0.3 is 0 Å². The highest BCUT2D eigenvalue weighted by molar-refractivity contribution is 5.73. The first-order chi connectivity index (χ1) is 8.25. The van der Waals surface area contributed by atoms with E-state index in [9.17, 15) is 0 Å². The van der Waals surface area contributed by atoms with Crippen LogP contribution in [0.5, 0.6) is 0 Å². The molecule has 0 unspecified atom stereocenters. The highest BCUT2D eigenvalue weighted by atomic mass is 14.2. The van der Waals surface area contributed by atoms with Gasteiger partial charge in [-0.05, 0) is 36.1 Å². The Balaban J connectivity index is 2.19. The van der Waals surface area contributed by atoms with Crippen LogP contribution in [0, 0.1) is 13.8 Å². The first kappa shape index (κ1) is 10.3. The van der Waals surface area contributed by atoms with Gasteiger partial charge in [-0.25, -0.2) is 0 Å². The van der Waals surface area contributed by atoms with Crippen LogP contribution in [0.15, 0.2) is 54.6 Å². The van der Waals surface area contributed by atoms with Crippen molar-refractivity contribution in [2.45, 2.75) is 19.8 Å². The quantitative estimate of drug-likeness (QED) is 0.648. The van der Waals surface area contributed by atoms with Gasteiger partial charge in [0.15, 0.2) is 0 Å². The molecule has 0 saturated heterocycles. The number of hydrogen-bond acceptors (Lipinski definition) is 0. The molecule has 84 valence electrons. The minimum absolute atomic E-state index is 0.560. The minimum Gasteiger partial charge on any atom is -0.0763 e. The maximum atomic E-state index is 2.30. The molecule has 2 aromatic rings. The lowest BCUT2D eigenvalue weighted by molar-refractivity contribution is 1.22. The number of rotatable bonds is 2. The molecular weight excluding hydrogens is 204 g/mol. The Morgan fingerprint density at radius 1 is 0.824 bits per heavy atom. The van der Waals surface area contributed by atoms with Gasteiger partial charge in [0, 0.05) is 5.92 Å². The Morgan fingerprint density at radius 3 is 2.29 bits per heavy atom. The molecule has 0 heteroatoms. The lowest BCUT2D eigenvalue weighted by Gasteiger charge is -2.12. The van der Waals surface area contributed by atoms with Crippen molar-refractivity contribution < 1.29 is 0 Å². The predicted octanol–water partition coefficient (Wildman–Crippen LogP) is 4.62. The number of hydrogen-bond donors (Lipinski definition) is 0. The van der Waals surface area contributed by atoms with Crippen LogP contribution in [-0.2, 0) is 0 Å². The molecule has 0 bridgehead atoms. The summed E-state index contributed by atoms with van der Waals surface area (Å²) in [6, 6.07) is 15.4. The molecule has 0 radical (unpaired) electrons. The molecule has 0 amide bonds. The van der Waals surface area contributed by atoms with Crippen LogP contribution in [0.1, 0.15) is 22.6 Å². The molecule has 3 rings (SSSR count). The zero-order chi connectivity index (χ0) is 11.8. The molecule has 1 aliphatic rings. The molecule has 0 N–H and O–H groups in total. The van der Waals surface area contributed by atoms with E-state index in [0.29, 0.717) is 5.92 Å². The SMILES string of the molecule is Cc1ccc(C2C=C2)c(-c2ccccc2C)c1. The van der Waals surface area contributed by atoms with Crippen molar-refractivity contribution in [2.24, 2.45) is 0 Å². The summed E-state index contributed by atoms with van der Waals surface area (Å²) >= 11 is 0. The van der Waals surface area contributed by atoms with E-state index in [1.54, 1.807) is 0 Å². The van der Waals surface area contributed by atoms with E-state index in [1.165, 1.54) is 27.8 Å². The predicted molar refractivity (Wildman–Crippen MR) is 73.2 cm³/mol. The van der Waals surface area contributed by atoms with Crippen LogP contribution in [0.3, 0.4) is 0 Å². The molecule has 0 aliphatic heterocycles. The highest BCUT2D eigenvalue weighted by Crippen LogP contribution is 2.38. The lowest BCUT2D eigenvalue weighted by atomic mass is 9.92. The third kappa shape index (κ3) is 1.91. The molecule has 1 aliphatic carbocycles. The van der Waals surface area contributed by atoms with Crippen LogP contribution in [0.25, 0.3) is 11.1 Å². The standard InChI is InChI=1S/C17H16/c1-12-7-10-16(14-8-9-14)17(11-12)15-6-4-3-5-13(15)2/h3-11,14H,1-2H3. The first-order valence-electron chi connectivity index (χ1n) is 6.10. The Morgan fingerprint density at radius 2 is 1.59 bits per heavy atom. The summed E-state index contributed by atoms with van der Waals surface area (Å²) in [5.41, 5.74) is 6.86. The zero-order valence-electron chi connectivity index (χ0n) is 10.3. The lowest BCUT2D eigenvalue weighted by Crippen LogP contribution is -1.91. The summed E-state index contributed by atoms with van der Waals surface area (Å²) in [5.74, 6) is 0.560. The average molecular weight is 220 g/mol. The molecule has 0 nitrogen and oxygen atoms in total. The Labute approximate surface area is 103 Å². The second-order valence-corrected chi connectivity index (χ2v) is 4.82. The van der Waals surface area contributed by atoms with Crippen molar-refractivity contribution in [3.05, 3.63) is 71.3 Å². The van der Waals surface area contributed by atoms with Crippen molar-refractivity contribution in [3.63, 3.8) is 0 Å². The van der Waals surface area contributed by atoms with Crippen molar-refractivity contribution in [1.82, 2.24) is 0 Å². The summed E-state index contributed by atoms with van der Waals surface area (Å²) in [4.78, 5) is 0. The van der Waals surface area contributed by atoms with E-state index in [0.717, 1.165) is 0 Å². The van der Waals surface area contributed by atoms with Crippen molar-refractivity contribution in [3.8, 4) is 11.1 Å². The van der Waals surface area contributed by atoms with Gasteiger partial charge in [0.2, 0.25) is 0 Å². The number of benzene rings is 2. The van der Waals surface area contributed by atoms with Crippen molar-refractivity contribution >= 4 is 0 Å². The van der Waals surface area contributed by atoms with E-state index in [1.807, 2.05) is 0 Å². The summed E-state index contributed by atoms with van der Waals surface area (Å²) in [6.07, 6.45) is 4.51. The third-order valence-electron chi connectivity index (χ3n) is 3.39. The molecule has 0 spiro atoms. The van der Waals surface area contributed by atoms with Gasteiger partial charge in [-0.15, -0.1) is 0 Å². The van der Waals surface area contributed by atoms with Crippen LogP contribution in [0.4, 0.5) is 0 Å². The van der Waals surface area contributed by atoms with E-state index in [4.69, 9.17) is 0 Å². The number of aryl methyl sites for hydroxylation is 2. The molecule has 0 aromatic heterocycles. The van der Waals surface area contributed by atoms with Gasteiger partial charge in [-0.3, -0.25) is 0 Å². The molecule has 0 saturated carbocycles. The van der Waals surface area contributed by atoms with E-state index in [-0.39, 0.29) is 0 Å². The van der Waals surface area contributed by atoms with E-state index in [2.05, 4.69) is 68.5 Å². The molecule has 0 fully saturated rings. The fourth-order valence-electron chi connectivity index (χ4n) is 2.33. The molecule has 17 heavy (non-hydrogen) atoms. The second kappa shape index (κ2) is 3.89. The van der Waals surface area contributed by atoms with Crippen LogP contribution in [0.2, 0.25) is 0 Å². The average Bonchev–Trinajstić information content (AvgIpc) is 3.13. The minimum atomic E-state index is 0.560. The second-order valence-electron chi connectivity index (χ2n) is 4.82.